The molecule has 1 atom stereocenters. The zero-order valence-corrected chi connectivity index (χ0v) is 13.1. The van der Waals surface area contributed by atoms with Crippen LogP contribution in [0.25, 0.3) is 0 Å². The smallest absolute Gasteiger partial charge is 0.134 e. The van der Waals surface area contributed by atoms with Crippen molar-refractivity contribution in [2.24, 2.45) is 0 Å². The van der Waals surface area contributed by atoms with Crippen molar-refractivity contribution in [3.05, 3.63) is 22.7 Å². The molecule has 1 aromatic rings. The lowest BCUT2D eigenvalue weighted by Gasteiger charge is -2.20. The van der Waals surface area contributed by atoms with Gasteiger partial charge < -0.3 is 14.8 Å². The highest BCUT2D eigenvalue weighted by atomic mass is 79.9. The lowest BCUT2D eigenvalue weighted by molar-refractivity contribution is 0.188. The Morgan fingerprint density at radius 3 is 2.56 bits per heavy atom. The van der Waals surface area contributed by atoms with E-state index in [0.29, 0.717) is 6.04 Å². The van der Waals surface area contributed by atoms with Crippen LogP contribution in [0.2, 0.25) is 0 Å². The van der Waals surface area contributed by atoms with E-state index >= 15 is 0 Å². The molecule has 0 aliphatic rings. The third-order valence-corrected chi connectivity index (χ3v) is 3.26. The second kappa shape index (κ2) is 7.64. The number of hydrogen-bond acceptors (Lipinski definition) is 3. The Kier molecular flexibility index (Phi) is 6.50. The van der Waals surface area contributed by atoms with Crippen molar-refractivity contribution >= 4 is 15.9 Å². The number of methoxy groups -OCH3 is 1. The van der Waals surface area contributed by atoms with Gasteiger partial charge in [-0.3, -0.25) is 0 Å². The Hall–Kier alpha value is -0.740. The highest BCUT2D eigenvalue weighted by Crippen LogP contribution is 2.30. The summed E-state index contributed by atoms with van der Waals surface area (Å²) >= 11 is 3.50. The summed E-state index contributed by atoms with van der Waals surface area (Å²) in [5.41, 5.74) is 0. The van der Waals surface area contributed by atoms with Crippen molar-refractivity contribution in [2.45, 2.75) is 39.3 Å². The number of ether oxygens (including phenoxy) is 2. The SMILES string of the molecule is CCC(CNC(C)C)Oc1ccc(OC)cc1Br. The minimum atomic E-state index is 0.178. The predicted molar refractivity (Wildman–Crippen MR) is 78.5 cm³/mol. The van der Waals surface area contributed by atoms with E-state index in [9.17, 15) is 0 Å². The highest BCUT2D eigenvalue weighted by Gasteiger charge is 2.11. The third-order valence-electron chi connectivity index (χ3n) is 2.64. The first-order valence-corrected chi connectivity index (χ1v) is 7.09. The van der Waals surface area contributed by atoms with Crippen LogP contribution in [-0.4, -0.2) is 25.8 Å². The lowest BCUT2D eigenvalue weighted by atomic mass is 10.2. The van der Waals surface area contributed by atoms with E-state index in [0.717, 1.165) is 28.9 Å². The molecule has 4 heteroatoms. The summed E-state index contributed by atoms with van der Waals surface area (Å²) in [4.78, 5) is 0. The quantitative estimate of drug-likeness (QED) is 0.833. The molecule has 0 amide bonds. The average molecular weight is 316 g/mol. The first kappa shape index (κ1) is 15.3. The predicted octanol–water partition coefficient (Wildman–Crippen LogP) is 3.61. The summed E-state index contributed by atoms with van der Waals surface area (Å²) in [6, 6.07) is 6.23. The zero-order valence-electron chi connectivity index (χ0n) is 11.5. The van der Waals surface area contributed by atoms with Gasteiger partial charge in [0.25, 0.3) is 0 Å². The van der Waals surface area contributed by atoms with E-state index < -0.39 is 0 Å². The Bertz CT molecular complexity index is 369. The second-order valence-electron chi connectivity index (χ2n) is 4.51. The molecule has 1 aromatic carbocycles. The zero-order chi connectivity index (χ0) is 13.5. The van der Waals surface area contributed by atoms with Gasteiger partial charge in [-0.15, -0.1) is 0 Å². The molecule has 3 nitrogen and oxygen atoms in total. The Morgan fingerprint density at radius 2 is 2.06 bits per heavy atom. The van der Waals surface area contributed by atoms with Crippen LogP contribution < -0.4 is 14.8 Å². The first-order chi connectivity index (χ1) is 8.56. The fourth-order valence-corrected chi connectivity index (χ4v) is 1.97. The normalized spacial score (nSPS) is 12.6. The Morgan fingerprint density at radius 1 is 1.33 bits per heavy atom. The van der Waals surface area contributed by atoms with E-state index in [1.54, 1.807) is 7.11 Å². The maximum Gasteiger partial charge on any atom is 0.134 e. The number of benzene rings is 1. The summed E-state index contributed by atoms with van der Waals surface area (Å²) in [7, 11) is 1.66. The molecule has 102 valence electrons. The minimum Gasteiger partial charge on any atom is -0.497 e. The van der Waals surface area contributed by atoms with Crippen LogP contribution in [0, 0.1) is 0 Å². The van der Waals surface area contributed by atoms with Gasteiger partial charge in [0, 0.05) is 12.6 Å². The summed E-state index contributed by atoms with van der Waals surface area (Å²) in [6.45, 7) is 7.25. The molecular formula is C14H22BrNO2. The van der Waals surface area contributed by atoms with E-state index in [-0.39, 0.29) is 6.10 Å². The highest BCUT2D eigenvalue weighted by molar-refractivity contribution is 9.10. The van der Waals surface area contributed by atoms with Crippen LogP contribution >= 0.6 is 15.9 Å². The molecule has 0 bridgehead atoms. The Labute approximate surface area is 118 Å². The number of rotatable bonds is 7. The fraction of sp³-hybridized carbons (Fsp3) is 0.571. The van der Waals surface area contributed by atoms with Crippen molar-refractivity contribution in [3.63, 3.8) is 0 Å². The molecule has 0 saturated heterocycles. The molecule has 0 spiro atoms. The van der Waals surface area contributed by atoms with Crippen LogP contribution in [0.3, 0.4) is 0 Å². The fourth-order valence-electron chi connectivity index (χ4n) is 1.52. The van der Waals surface area contributed by atoms with E-state index in [1.807, 2.05) is 18.2 Å². The van der Waals surface area contributed by atoms with Gasteiger partial charge in [-0.25, -0.2) is 0 Å². The standard InChI is InChI=1S/C14H22BrNO2/c1-5-11(9-16-10(2)3)18-14-7-6-12(17-4)8-13(14)15/h6-8,10-11,16H,5,9H2,1-4H3. The lowest BCUT2D eigenvalue weighted by Crippen LogP contribution is -2.34. The van der Waals surface area contributed by atoms with Crippen LogP contribution in [0.4, 0.5) is 0 Å². The van der Waals surface area contributed by atoms with Crippen molar-refractivity contribution in [1.82, 2.24) is 5.32 Å². The maximum atomic E-state index is 5.98. The maximum absolute atomic E-state index is 5.98. The van der Waals surface area contributed by atoms with Gasteiger partial charge >= 0.3 is 0 Å². The van der Waals surface area contributed by atoms with Crippen molar-refractivity contribution < 1.29 is 9.47 Å². The van der Waals surface area contributed by atoms with Gasteiger partial charge in [0.2, 0.25) is 0 Å². The second-order valence-corrected chi connectivity index (χ2v) is 5.36. The van der Waals surface area contributed by atoms with Crippen LogP contribution in [0.1, 0.15) is 27.2 Å². The molecule has 1 unspecified atom stereocenters. The first-order valence-electron chi connectivity index (χ1n) is 6.30. The molecule has 1 rings (SSSR count). The Balaban J connectivity index is 2.63. The van der Waals surface area contributed by atoms with E-state index in [1.165, 1.54) is 0 Å². The van der Waals surface area contributed by atoms with Crippen molar-refractivity contribution in [3.8, 4) is 11.5 Å². The molecule has 0 heterocycles. The van der Waals surface area contributed by atoms with Gasteiger partial charge in [-0.05, 0) is 40.5 Å². The third kappa shape index (κ3) is 4.86. The molecule has 1 N–H and O–H groups in total. The van der Waals surface area contributed by atoms with Crippen molar-refractivity contribution in [2.75, 3.05) is 13.7 Å². The summed E-state index contributed by atoms with van der Waals surface area (Å²) in [6.07, 6.45) is 1.15. The number of halogens is 1. The molecular weight excluding hydrogens is 294 g/mol. The largest absolute Gasteiger partial charge is 0.497 e. The number of nitrogens with one attached hydrogen (secondary N) is 1. The van der Waals surface area contributed by atoms with Gasteiger partial charge in [-0.1, -0.05) is 20.8 Å². The van der Waals surface area contributed by atoms with Crippen LogP contribution in [0.5, 0.6) is 11.5 Å². The minimum absolute atomic E-state index is 0.178. The molecule has 0 aliphatic carbocycles. The molecule has 18 heavy (non-hydrogen) atoms. The number of hydrogen-bond donors (Lipinski definition) is 1. The molecule has 0 radical (unpaired) electrons. The van der Waals surface area contributed by atoms with E-state index in [2.05, 4.69) is 42.0 Å². The van der Waals surface area contributed by atoms with Crippen LogP contribution in [-0.2, 0) is 0 Å². The van der Waals surface area contributed by atoms with Gasteiger partial charge in [0.15, 0.2) is 0 Å². The van der Waals surface area contributed by atoms with Gasteiger partial charge in [0.05, 0.1) is 11.6 Å². The van der Waals surface area contributed by atoms with Crippen LogP contribution in [0.15, 0.2) is 22.7 Å². The monoisotopic (exact) mass is 315 g/mol. The summed E-state index contributed by atoms with van der Waals surface area (Å²) < 4.78 is 12.1. The molecule has 0 fully saturated rings. The topological polar surface area (TPSA) is 30.5 Å². The average Bonchev–Trinajstić information content (AvgIpc) is 2.35. The molecule has 0 saturated carbocycles. The molecule has 0 aromatic heterocycles. The van der Waals surface area contributed by atoms with Gasteiger partial charge in [-0.2, -0.15) is 0 Å². The van der Waals surface area contributed by atoms with E-state index in [4.69, 9.17) is 9.47 Å². The summed E-state index contributed by atoms with van der Waals surface area (Å²) in [5, 5.41) is 3.39. The molecule has 0 aliphatic heterocycles. The van der Waals surface area contributed by atoms with Gasteiger partial charge in [0.1, 0.15) is 17.6 Å². The summed E-state index contributed by atoms with van der Waals surface area (Å²) in [5.74, 6) is 1.68. The van der Waals surface area contributed by atoms with Crippen molar-refractivity contribution in [1.29, 1.82) is 0 Å².